The first-order chi connectivity index (χ1) is 6.36. The zero-order valence-corrected chi connectivity index (χ0v) is 8.86. The van der Waals surface area contributed by atoms with Gasteiger partial charge in [0.2, 0.25) is 0 Å². The number of nitrogens with one attached hydrogen (secondary N) is 1. The molecule has 0 radical (unpaired) electrons. The van der Waals surface area contributed by atoms with Gasteiger partial charge in [0, 0.05) is 17.1 Å². The molecule has 1 N–H and O–H groups in total. The van der Waals surface area contributed by atoms with Crippen LogP contribution in [0.3, 0.4) is 0 Å². The molecular weight excluding hydrogens is 180 g/mol. The lowest BCUT2D eigenvalue weighted by Crippen LogP contribution is -2.19. The molecule has 13 heavy (non-hydrogen) atoms. The molecule has 0 amide bonds. The summed E-state index contributed by atoms with van der Waals surface area (Å²) >= 11 is 1.83. The standard InChI is InChI=1S/C10H16N2S/c1-8-12-7-10(13-8)9-5-3-2-4-6-11-9/h7,9,11H,2-6H2,1H3. The van der Waals surface area contributed by atoms with Crippen molar-refractivity contribution < 1.29 is 0 Å². The van der Waals surface area contributed by atoms with Crippen LogP contribution in [0.4, 0.5) is 0 Å². The fourth-order valence-corrected chi connectivity index (χ4v) is 2.71. The number of nitrogens with zero attached hydrogens (tertiary/aromatic N) is 1. The van der Waals surface area contributed by atoms with Crippen LogP contribution >= 0.6 is 11.3 Å². The molecule has 1 aromatic heterocycles. The van der Waals surface area contributed by atoms with E-state index < -0.39 is 0 Å². The van der Waals surface area contributed by atoms with Crippen molar-refractivity contribution in [3.8, 4) is 0 Å². The summed E-state index contributed by atoms with van der Waals surface area (Å²) in [6.45, 7) is 3.24. The second kappa shape index (κ2) is 4.20. The van der Waals surface area contributed by atoms with Crippen LogP contribution in [0.2, 0.25) is 0 Å². The van der Waals surface area contributed by atoms with Crippen molar-refractivity contribution in [1.82, 2.24) is 10.3 Å². The van der Waals surface area contributed by atoms with E-state index in [1.54, 1.807) is 0 Å². The Labute approximate surface area is 83.4 Å². The molecule has 2 rings (SSSR count). The average molecular weight is 196 g/mol. The van der Waals surface area contributed by atoms with E-state index >= 15 is 0 Å². The quantitative estimate of drug-likeness (QED) is 0.747. The van der Waals surface area contributed by atoms with E-state index in [2.05, 4.69) is 17.2 Å². The third-order valence-electron chi connectivity index (χ3n) is 2.54. The first-order valence-corrected chi connectivity index (χ1v) is 5.83. The van der Waals surface area contributed by atoms with Crippen LogP contribution in [0.15, 0.2) is 6.20 Å². The first kappa shape index (κ1) is 9.16. The van der Waals surface area contributed by atoms with Crippen molar-refractivity contribution in [2.24, 2.45) is 0 Å². The average Bonchev–Trinajstić information content (AvgIpc) is 2.43. The summed E-state index contributed by atoms with van der Waals surface area (Å²) in [6, 6.07) is 0.577. The van der Waals surface area contributed by atoms with Crippen LogP contribution in [-0.4, -0.2) is 11.5 Å². The predicted octanol–water partition coefficient (Wildman–Crippen LogP) is 2.66. The monoisotopic (exact) mass is 196 g/mol. The fraction of sp³-hybridized carbons (Fsp3) is 0.700. The topological polar surface area (TPSA) is 24.9 Å². The van der Waals surface area contributed by atoms with Crippen LogP contribution < -0.4 is 5.32 Å². The summed E-state index contributed by atoms with van der Waals surface area (Å²) in [5.74, 6) is 0. The van der Waals surface area contributed by atoms with Crippen molar-refractivity contribution in [1.29, 1.82) is 0 Å². The van der Waals surface area contributed by atoms with Gasteiger partial charge in [0.05, 0.1) is 5.01 Å². The highest BCUT2D eigenvalue weighted by Crippen LogP contribution is 2.26. The molecule has 0 saturated carbocycles. The zero-order valence-electron chi connectivity index (χ0n) is 8.05. The molecule has 3 heteroatoms. The highest BCUT2D eigenvalue weighted by Gasteiger charge is 2.15. The Hall–Kier alpha value is -0.410. The molecule has 0 aliphatic carbocycles. The summed E-state index contributed by atoms with van der Waals surface area (Å²) in [5, 5.41) is 4.76. The van der Waals surface area contributed by atoms with Gasteiger partial charge in [-0.15, -0.1) is 11.3 Å². The van der Waals surface area contributed by atoms with Crippen molar-refractivity contribution in [2.75, 3.05) is 6.54 Å². The summed E-state index contributed by atoms with van der Waals surface area (Å²) < 4.78 is 0. The van der Waals surface area contributed by atoms with E-state index in [0.29, 0.717) is 6.04 Å². The second-order valence-corrected chi connectivity index (χ2v) is 4.90. The lowest BCUT2D eigenvalue weighted by molar-refractivity contribution is 0.542. The Morgan fingerprint density at radius 2 is 2.38 bits per heavy atom. The molecule has 2 nitrogen and oxygen atoms in total. The van der Waals surface area contributed by atoms with Crippen LogP contribution in [0.1, 0.15) is 41.6 Å². The first-order valence-electron chi connectivity index (χ1n) is 5.02. The van der Waals surface area contributed by atoms with Gasteiger partial charge in [-0.25, -0.2) is 4.98 Å². The summed E-state index contributed by atoms with van der Waals surface area (Å²) in [7, 11) is 0. The molecule has 1 aliphatic heterocycles. The fourth-order valence-electron chi connectivity index (χ4n) is 1.81. The van der Waals surface area contributed by atoms with Gasteiger partial charge in [-0.3, -0.25) is 0 Å². The largest absolute Gasteiger partial charge is 0.309 e. The number of aromatic nitrogens is 1. The van der Waals surface area contributed by atoms with Gasteiger partial charge in [0.25, 0.3) is 0 Å². The van der Waals surface area contributed by atoms with Gasteiger partial charge in [0.1, 0.15) is 0 Å². The van der Waals surface area contributed by atoms with Crippen LogP contribution in [-0.2, 0) is 0 Å². The molecule has 1 atom stereocenters. The Balaban J connectivity index is 2.06. The number of thiazole rings is 1. The molecule has 0 aromatic carbocycles. The molecule has 1 aliphatic rings. The van der Waals surface area contributed by atoms with Crippen molar-refractivity contribution >= 4 is 11.3 Å². The Bertz CT molecular complexity index is 262. The van der Waals surface area contributed by atoms with Gasteiger partial charge >= 0.3 is 0 Å². The van der Waals surface area contributed by atoms with Crippen molar-refractivity contribution in [3.05, 3.63) is 16.1 Å². The maximum absolute atomic E-state index is 4.30. The van der Waals surface area contributed by atoms with Crippen molar-refractivity contribution in [3.63, 3.8) is 0 Å². The number of aryl methyl sites for hydroxylation is 1. The highest BCUT2D eigenvalue weighted by atomic mass is 32.1. The third kappa shape index (κ3) is 2.29. The zero-order chi connectivity index (χ0) is 9.10. The highest BCUT2D eigenvalue weighted by molar-refractivity contribution is 7.11. The Morgan fingerprint density at radius 1 is 1.46 bits per heavy atom. The Morgan fingerprint density at radius 3 is 3.15 bits per heavy atom. The molecule has 72 valence electrons. The van der Waals surface area contributed by atoms with E-state index in [9.17, 15) is 0 Å². The molecule has 1 unspecified atom stereocenters. The minimum absolute atomic E-state index is 0.577. The maximum atomic E-state index is 4.30. The lowest BCUT2D eigenvalue weighted by Gasteiger charge is -2.12. The summed E-state index contributed by atoms with van der Waals surface area (Å²) in [4.78, 5) is 5.72. The van der Waals surface area contributed by atoms with Crippen LogP contribution in [0.5, 0.6) is 0 Å². The van der Waals surface area contributed by atoms with E-state index in [4.69, 9.17) is 0 Å². The van der Waals surface area contributed by atoms with E-state index in [1.807, 2.05) is 17.5 Å². The molecule has 0 bridgehead atoms. The molecular formula is C10H16N2S. The van der Waals surface area contributed by atoms with Crippen LogP contribution in [0, 0.1) is 6.92 Å². The van der Waals surface area contributed by atoms with E-state index in [1.165, 1.54) is 42.1 Å². The van der Waals surface area contributed by atoms with E-state index in [0.717, 1.165) is 0 Å². The summed E-state index contributed by atoms with van der Waals surface area (Å²) in [6.07, 6.45) is 7.37. The third-order valence-corrected chi connectivity index (χ3v) is 3.57. The number of hydrogen-bond donors (Lipinski definition) is 1. The minimum Gasteiger partial charge on any atom is -0.309 e. The number of rotatable bonds is 1. The Kier molecular flexibility index (Phi) is 2.96. The molecule has 1 fully saturated rings. The van der Waals surface area contributed by atoms with E-state index in [-0.39, 0.29) is 0 Å². The number of hydrogen-bond acceptors (Lipinski definition) is 3. The van der Waals surface area contributed by atoms with Gasteiger partial charge in [-0.05, 0) is 26.3 Å². The minimum atomic E-state index is 0.577. The molecule has 1 saturated heterocycles. The normalized spacial score (nSPS) is 24.2. The summed E-state index contributed by atoms with van der Waals surface area (Å²) in [5.41, 5.74) is 0. The molecule has 0 spiro atoms. The maximum Gasteiger partial charge on any atom is 0.0897 e. The smallest absolute Gasteiger partial charge is 0.0897 e. The molecule has 1 aromatic rings. The SMILES string of the molecule is Cc1ncc(C2CCCCCN2)s1. The predicted molar refractivity (Wildman–Crippen MR) is 56.1 cm³/mol. The molecule has 2 heterocycles. The van der Waals surface area contributed by atoms with Crippen molar-refractivity contribution in [2.45, 2.75) is 38.6 Å². The lowest BCUT2D eigenvalue weighted by atomic mass is 10.1. The van der Waals surface area contributed by atoms with Gasteiger partial charge in [-0.1, -0.05) is 12.8 Å². The van der Waals surface area contributed by atoms with Gasteiger partial charge in [0.15, 0.2) is 0 Å². The van der Waals surface area contributed by atoms with Gasteiger partial charge in [-0.2, -0.15) is 0 Å². The van der Waals surface area contributed by atoms with Gasteiger partial charge < -0.3 is 5.32 Å². The second-order valence-electron chi connectivity index (χ2n) is 3.64. The van der Waals surface area contributed by atoms with Crippen LogP contribution in [0.25, 0.3) is 0 Å².